The first-order valence-corrected chi connectivity index (χ1v) is 10.6. The van der Waals surface area contributed by atoms with Crippen LogP contribution < -0.4 is 0 Å². The largest absolute Gasteiger partial charge is 0.340 e. The maximum Gasteiger partial charge on any atom is 0.225 e. The van der Waals surface area contributed by atoms with E-state index in [-0.39, 0.29) is 5.92 Å². The monoisotopic (exact) mass is 377 g/mol. The zero-order chi connectivity index (χ0) is 19.2. The van der Waals surface area contributed by atoms with Gasteiger partial charge in [-0.3, -0.25) is 14.6 Å². The molecule has 2 heterocycles. The van der Waals surface area contributed by atoms with Crippen molar-refractivity contribution >= 4 is 5.91 Å². The van der Waals surface area contributed by atoms with Crippen molar-refractivity contribution in [2.75, 3.05) is 39.3 Å². The van der Waals surface area contributed by atoms with Crippen molar-refractivity contribution in [2.45, 2.75) is 25.9 Å². The number of nitrogens with zero attached hydrogens (tertiary/aromatic N) is 3. The van der Waals surface area contributed by atoms with Crippen LogP contribution in [0.25, 0.3) is 0 Å². The Labute approximate surface area is 168 Å². The molecule has 0 unspecified atom stereocenters. The summed E-state index contributed by atoms with van der Waals surface area (Å²) in [6.45, 7) is 7.74. The van der Waals surface area contributed by atoms with Crippen LogP contribution in [0.2, 0.25) is 0 Å². The molecule has 1 amide bonds. The molecule has 0 aliphatic carbocycles. The molecular weight excluding hydrogens is 346 g/mol. The molecular formula is C24H31N3O. The molecule has 2 aromatic carbocycles. The fourth-order valence-corrected chi connectivity index (χ4v) is 4.41. The maximum atomic E-state index is 13.0. The van der Waals surface area contributed by atoms with Gasteiger partial charge in [0, 0.05) is 45.2 Å². The van der Waals surface area contributed by atoms with Crippen molar-refractivity contribution in [3.05, 3.63) is 71.8 Å². The molecule has 0 atom stereocenters. The molecule has 4 rings (SSSR count). The van der Waals surface area contributed by atoms with Crippen LogP contribution in [0.5, 0.6) is 0 Å². The molecule has 0 radical (unpaired) electrons. The van der Waals surface area contributed by atoms with Crippen LogP contribution in [0, 0.1) is 5.92 Å². The van der Waals surface area contributed by atoms with Gasteiger partial charge in [0.25, 0.3) is 0 Å². The molecule has 0 aromatic heterocycles. The van der Waals surface area contributed by atoms with Gasteiger partial charge in [-0.25, -0.2) is 0 Å². The molecule has 2 fully saturated rings. The number of hydrogen-bond donors (Lipinski definition) is 0. The first-order valence-electron chi connectivity index (χ1n) is 10.6. The highest BCUT2D eigenvalue weighted by Gasteiger charge is 2.30. The Balaban J connectivity index is 1.20. The van der Waals surface area contributed by atoms with Crippen LogP contribution in [0.1, 0.15) is 24.0 Å². The van der Waals surface area contributed by atoms with Gasteiger partial charge in [0.05, 0.1) is 0 Å². The molecule has 0 bridgehead atoms. The molecule has 28 heavy (non-hydrogen) atoms. The molecule has 148 valence electrons. The average Bonchev–Trinajstić information content (AvgIpc) is 2.76. The summed E-state index contributed by atoms with van der Waals surface area (Å²) in [5, 5.41) is 0. The average molecular weight is 378 g/mol. The number of carbonyl (C=O) groups is 1. The Kier molecular flexibility index (Phi) is 6.40. The number of amides is 1. The first-order chi connectivity index (χ1) is 13.8. The predicted molar refractivity (Wildman–Crippen MR) is 113 cm³/mol. The second kappa shape index (κ2) is 9.35. The lowest BCUT2D eigenvalue weighted by atomic mass is 9.94. The number of hydrogen-bond acceptors (Lipinski definition) is 3. The van der Waals surface area contributed by atoms with Crippen molar-refractivity contribution in [1.29, 1.82) is 0 Å². The summed E-state index contributed by atoms with van der Waals surface area (Å²) < 4.78 is 0. The highest BCUT2D eigenvalue weighted by molar-refractivity contribution is 5.79. The minimum absolute atomic E-state index is 0.215. The molecule has 0 spiro atoms. The number of likely N-dealkylation sites (tertiary alicyclic amines) is 1. The van der Waals surface area contributed by atoms with E-state index in [1.54, 1.807) is 0 Å². The van der Waals surface area contributed by atoms with Crippen LogP contribution in [0.4, 0.5) is 0 Å². The van der Waals surface area contributed by atoms with E-state index < -0.39 is 0 Å². The Bertz CT molecular complexity index is 669. The third-order valence-electron chi connectivity index (χ3n) is 6.12. The van der Waals surface area contributed by atoms with E-state index in [1.807, 2.05) is 0 Å². The minimum Gasteiger partial charge on any atom is -0.340 e. The summed E-state index contributed by atoms with van der Waals surface area (Å²) in [5.41, 5.74) is 2.72. The summed E-state index contributed by atoms with van der Waals surface area (Å²) in [7, 11) is 0. The molecule has 4 nitrogen and oxygen atoms in total. The highest BCUT2D eigenvalue weighted by atomic mass is 16.2. The minimum atomic E-state index is 0.215. The number of piperazine rings is 1. The van der Waals surface area contributed by atoms with Crippen LogP contribution in [0.15, 0.2) is 60.7 Å². The Morgan fingerprint density at radius 2 is 1.14 bits per heavy atom. The standard InChI is InChI=1S/C24H31N3O/c28-24(23-11-13-25(14-12-23)19-21-7-3-1-4-8-21)27-17-15-26(16-18-27)20-22-9-5-2-6-10-22/h1-10,23H,11-20H2. The van der Waals surface area contributed by atoms with Crippen LogP contribution in [-0.4, -0.2) is 59.9 Å². The third-order valence-corrected chi connectivity index (χ3v) is 6.12. The lowest BCUT2D eigenvalue weighted by molar-refractivity contribution is -0.139. The number of carbonyl (C=O) groups excluding carboxylic acids is 1. The summed E-state index contributed by atoms with van der Waals surface area (Å²) in [5.74, 6) is 0.603. The third kappa shape index (κ3) is 5.00. The first kappa shape index (κ1) is 19.2. The fraction of sp³-hybridized carbons (Fsp3) is 0.458. The maximum absolute atomic E-state index is 13.0. The van der Waals surface area contributed by atoms with Crippen molar-refractivity contribution in [1.82, 2.24) is 14.7 Å². The molecule has 4 heteroatoms. The molecule has 2 aliphatic rings. The van der Waals surface area contributed by atoms with Gasteiger partial charge in [0.2, 0.25) is 5.91 Å². The Morgan fingerprint density at radius 1 is 0.679 bits per heavy atom. The fourth-order valence-electron chi connectivity index (χ4n) is 4.41. The summed E-state index contributed by atoms with van der Waals surface area (Å²) in [6.07, 6.45) is 1.99. The lowest BCUT2D eigenvalue weighted by Crippen LogP contribution is -2.51. The van der Waals surface area contributed by atoms with Crippen molar-refractivity contribution in [3.8, 4) is 0 Å². The van der Waals surface area contributed by atoms with Crippen LogP contribution >= 0.6 is 0 Å². The van der Waals surface area contributed by atoms with Gasteiger partial charge >= 0.3 is 0 Å². The lowest BCUT2D eigenvalue weighted by Gasteiger charge is -2.38. The molecule has 2 aliphatic heterocycles. The zero-order valence-electron chi connectivity index (χ0n) is 16.7. The summed E-state index contributed by atoms with van der Waals surface area (Å²) >= 11 is 0. The smallest absolute Gasteiger partial charge is 0.225 e. The summed E-state index contributed by atoms with van der Waals surface area (Å²) in [6, 6.07) is 21.3. The van der Waals surface area contributed by atoms with Crippen LogP contribution in [-0.2, 0) is 17.9 Å². The summed E-state index contributed by atoms with van der Waals surface area (Å²) in [4.78, 5) is 20.0. The molecule has 2 aromatic rings. The van der Waals surface area contributed by atoms with Crippen molar-refractivity contribution in [2.24, 2.45) is 5.92 Å². The van der Waals surface area contributed by atoms with E-state index in [0.29, 0.717) is 5.91 Å². The van der Waals surface area contributed by atoms with E-state index in [4.69, 9.17) is 0 Å². The molecule has 2 saturated heterocycles. The van der Waals surface area contributed by atoms with E-state index in [0.717, 1.165) is 65.2 Å². The van der Waals surface area contributed by atoms with Gasteiger partial charge in [-0.2, -0.15) is 0 Å². The van der Waals surface area contributed by atoms with Gasteiger partial charge in [-0.05, 0) is 37.1 Å². The predicted octanol–water partition coefficient (Wildman–Crippen LogP) is 3.24. The molecule has 0 saturated carbocycles. The van der Waals surface area contributed by atoms with E-state index >= 15 is 0 Å². The second-order valence-electron chi connectivity index (χ2n) is 8.12. The normalized spacial score (nSPS) is 19.6. The van der Waals surface area contributed by atoms with E-state index in [9.17, 15) is 4.79 Å². The number of benzene rings is 2. The van der Waals surface area contributed by atoms with Gasteiger partial charge in [-0.15, -0.1) is 0 Å². The Morgan fingerprint density at radius 3 is 1.64 bits per heavy atom. The zero-order valence-corrected chi connectivity index (χ0v) is 16.7. The van der Waals surface area contributed by atoms with Gasteiger partial charge in [0.1, 0.15) is 0 Å². The van der Waals surface area contributed by atoms with Gasteiger partial charge in [-0.1, -0.05) is 60.7 Å². The van der Waals surface area contributed by atoms with E-state index in [1.165, 1.54) is 11.1 Å². The van der Waals surface area contributed by atoms with Gasteiger partial charge < -0.3 is 4.90 Å². The van der Waals surface area contributed by atoms with Crippen molar-refractivity contribution < 1.29 is 4.79 Å². The van der Waals surface area contributed by atoms with E-state index in [2.05, 4.69) is 75.4 Å². The highest BCUT2D eigenvalue weighted by Crippen LogP contribution is 2.22. The van der Waals surface area contributed by atoms with Gasteiger partial charge in [0.15, 0.2) is 0 Å². The Hall–Kier alpha value is -2.17. The SMILES string of the molecule is O=C(C1CCN(Cc2ccccc2)CC1)N1CCN(Cc2ccccc2)CC1. The quantitative estimate of drug-likeness (QED) is 0.800. The molecule has 0 N–H and O–H groups in total. The topological polar surface area (TPSA) is 26.8 Å². The van der Waals surface area contributed by atoms with Crippen LogP contribution in [0.3, 0.4) is 0 Å². The second-order valence-corrected chi connectivity index (χ2v) is 8.12. The number of piperidine rings is 1. The number of rotatable bonds is 5. The van der Waals surface area contributed by atoms with Crippen molar-refractivity contribution in [3.63, 3.8) is 0 Å².